The van der Waals surface area contributed by atoms with Gasteiger partial charge in [-0.3, -0.25) is 9.48 Å². The number of hydrogen-bond acceptors (Lipinski definition) is 4. The largest absolute Gasteiger partial charge is 0.485 e. The maximum atomic E-state index is 12.8. The van der Waals surface area contributed by atoms with E-state index in [0.29, 0.717) is 33.2 Å². The zero-order valence-corrected chi connectivity index (χ0v) is 22.6. The Balaban J connectivity index is 1.41. The molecule has 1 amide bonds. The number of halogens is 3. The van der Waals surface area contributed by atoms with Crippen molar-refractivity contribution in [1.29, 1.82) is 0 Å². The van der Waals surface area contributed by atoms with Crippen LogP contribution in [0.3, 0.4) is 0 Å². The fraction of sp³-hybridized carbons (Fsp3) is 0.259. The predicted molar refractivity (Wildman–Crippen MR) is 144 cm³/mol. The van der Waals surface area contributed by atoms with Crippen molar-refractivity contribution >= 4 is 46.5 Å². The molecule has 0 radical (unpaired) electrons. The summed E-state index contributed by atoms with van der Waals surface area (Å²) in [7, 11) is 0. The zero-order valence-electron chi connectivity index (χ0n) is 20.4. The Morgan fingerprint density at radius 3 is 2.56 bits per heavy atom. The van der Waals surface area contributed by atoms with Crippen molar-refractivity contribution in [3.8, 4) is 5.75 Å². The number of aryl methyl sites for hydroxylation is 2. The van der Waals surface area contributed by atoms with Gasteiger partial charge in [-0.25, -0.2) is 0 Å². The molecule has 6 nitrogen and oxygen atoms in total. The van der Waals surface area contributed by atoms with Crippen molar-refractivity contribution in [2.75, 3.05) is 5.32 Å². The number of aromatic nitrogens is 2. The van der Waals surface area contributed by atoms with Crippen molar-refractivity contribution in [2.45, 2.75) is 46.8 Å². The van der Waals surface area contributed by atoms with Crippen LogP contribution in [0.5, 0.6) is 5.75 Å². The quantitative estimate of drug-likeness (QED) is 0.243. The molecule has 0 aliphatic carbocycles. The van der Waals surface area contributed by atoms with Crippen molar-refractivity contribution in [3.05, 3.63) is 97.5 Å². The van der Waals surface area contributed by atoms with Crippen LogP contribution in [0.25, 0.3) is 0 Å². The summed E-state index contributed by atoms with van der Waals surface area (Å²) in [6, 6.07) is 14.3. The summed E-state index contributed by atoms with van der Waals surface area (Å²) in [6.45, 7) is 8.62. The van der Waals surface area contributed by atoms with Crippen molar-refractivity contribution in [3.63, 3.8) is 0 Å². The van der Waals surface area contributed by atoms with E-state index in [4.69, 9.17) is 44.0 Å². The molecule has 1 N–H and O–H groups in total. The van der Waals surface area contributed by atoms with Gasteiger partial charge in [-0.1, -0.05) is 54.7 Å². The first-order chi connectivity index (χ1) is 17.1. The maximum Gasteiger partial charge on any atom is 0.292 e. The number of anilines is 1. The van der Waals surface area contributed by atoms with Gasteiger partial charge < -0.3 is 14.5 Å². The molecule has 0 saturated carbocycles. The molecule has 188 valence electrons. The predicted octanol–water partition coefficient (Wildman–Crippen LogP) is 8.06. The first-order valence-corrected chi connectivity index (χ1v) is 12.6. The number of carbonyl (C=O) groups is 1. The average Bonchev–Trinajstić information content (AvgIpc) is 3.42. The van der Waals surface area contributed by atoms with Gasteiger partial charge in [0.1, 0.15) is 18.1 Å². The number of hydrogen-bond donors (Lipinski definition) is 1. The minimum absolute atomic E-state index is 0.165. The molecule has 2 heterocycles. The Bertz CT molecular complexity index is 1410. The highest BCUT2D eigenvalue weighted by molar-refractivity contribution is 6.35. The molecule has 36 heavy (non-hydrogen) atoms. The molecule has 0 bridgehead atoms. The standard InChI is InChI=1S/C27H26Cl3N3O3/c1-15(2)21-12-22(29)16(3)9-25(21)35-14-20-7-8-24(36-20)27(34)31-26-10-17(4)33(32-26)13-18-5-6-19(28)11-23(18)30/h5-12,15H,13-14H2,1-4H3,(H,31,32,34). The maximum absolute atomic E-state index is 12.8. The van der Waals surface area contributed by atoms with Crippen LogP contribution in [0.15, 0.2) is 52.9 Å². The second-order valence-corrected chi connectivity index (χ2v) is 10.1. The molecule has 0 saturated heterocycles. The molecular formula is C27H26Cl3N3O3. The second kappa shape index (κ2) is 11.0. The van der Waals surface area contributed by atoms with E-state index in [0.717, 1.165) is 28.1 Å². The Morgan fingerprint density at radius 2 is 1.83 bits per heavy atom. The smallest absolute Gasteiger partial charge is 0.292 e. The van der Waals surface area contributed by atoms with Gasteiger partial charge in [0.2, 0.25) is 0 Å². The van der Waals surface area contributed by atoms with Gasteiger partial charge in [-0.15, -0.1) is 0 Å². The SMILES string of the molecule is Cc1cc(OCc2ccc(C(=O)Nc3cc(C)n(Cc4ccc(Cl)cc4Cl)n3)o2)c(C(C)C)cc1Cl. The molecule has 9 heteroatoms. The van der Waals surface area contributed by atoms with Gasteiger partial charge in [0.15, 0.2) is 11.6 Å². The number of carbonyl (C=O) groups excluding carboxylic acids is 1. The normalized spacial score (nSPS) is 11.2. The van der Waals surface area contributed by atoms with Gasteiger partial charge in [0.25, 0.3) is 5.91 Å². The van der Waals surface area contributed by atoms with E-state index in [1.807, 2.05) is 32.0 Å². The molecule has 0 atom stereocenters. The lowest BCUT2D eigenvalue weighted by Gasteiger charge is -2.15. The van der Waals surface area contributed by atoms with Crippen molar-refractivity contribution < 1.29 is 13.9 Å². The highest BCUT2D eigenvalue weighted by atomic mass is 35.5. The zero-order chi connectivity index (χ0) is 26.0. The summed E-state index contributed by atoms with van der Waals surface area (Å²) in [6.07, 6.45) is 0. The molecule has 0 spiro atoms. The fourth-order valence-electron chi connectivity index (χ4n) is 3.69. The first kappa shape index (κ1) is 26.1. The first-order valence-electron chi connectivity index (χ1n) is 11.4. The van der Waals surface area contributed by atoms with Crippen LogP contribution >= 0.6 is 34.8 Å². The molecule has 0 fully saturated rings. The average molecular weight is 547 g/mol. The Kier molecular flexibility index (Phi) is 7.98. The Hall–Kier alpha value is -2.93. The molecule has 4 aromatic rings. The van der Waals surface area contributed by atoms with Crippen LogP contribution in [0.1, 0.15) is 58.5 Å². The number of nitrogens with zero attached hydrogens (tertiary/aromatic N) is 2. The van der Waals surface area contributed by atoms with Gasteiger partial charge in [0, 0.05) is 26.8 Å². The number of furan rings is 1. The number of nitrogens with one attached hydrogen (secondary N) is 1. The topological polar surface area (TPSA) is 69.3 Å². The highest BCUT2D eigenvalue weighted by Gasteiger charge is 2.16. The van der Waals surface area contributed by atoms with E-state index in [9.17, 15) is 4.79 Å². The third-order valence-electron chi connectivity index (χ3n) is 5.73. The lowest BCUT2D eigenvalue weighted by Crippen LogP contribution is -2.12. The minimum atomic E-state index is -0.402. The highest BCUT2D eigenvalue weighted by Crippen LogP contribution is 2.32. The Morgan fingerprint density at radius 1 is 1.06 bits per heavy atom. The third-order valence-corrected chi connectivity index (χ3v) is 6.72. The van der Waals surface area contributed by atoms with E-state index in [1.165, 1.54) is 0 Å². The molecule has 2 aromatic carbocycles. The van der Waals surface area contributed by atoms with Crippen LogP contribution < -0.4 is 10.1 Å². The van der Waals surface area contributed by atoms with Crippen molar-refractivity contribution in [1.82, 2.24) is 9.78 Å². The lowest BCUT2D eigenvalue weighted by atomic mass is 10.0. The van der Waals surface area contributed by atoms with Gasteiger partial charge in [0.05, 0.1) is 6.54 Å². The summed E-state index contributed by atoms with van der Waals surface area (Å²) in [4.78, 5) is 12.8. The summed E-state index contributed by atoms with van der Waals surface area (Å²) in [5.74, 6) is 1.70. The van der Waals surface area contributed by atoms with E-state index in [1.54, 1.807) is 35.0 Å². The number of amides is 1. The van der Waals surface area contributed by atoms with Crippen LogP contribution in [0, 0.1) is 13.8 Å². The van der Waals surface area contributed by atoms with E-state index < -0.39 is 5.91 Å². The van der Waals surface area contributed by atoms with Gasteiger partial charge in [-0.2, -0.15) is 5.10 Å². The number of ether oxygens (including phenoxy) is 1. The monoisotopic (exact) mass is 545 g/mol. The van der Waals surface area contributed by atoms with E-state index in [2.05, 4.69) is 24.3 Å². The summed E-state index contributed by atoms with van der Waals surface area (Å²) >= 11 is 18.5. The van der Waals surface area contributed by atoms with Crippen molar-refractivity contribution in [2.24, 2.45) is 0 Å². The number of rotatable bonds is 8. The van der Waals surface area contributed by atoms with Crippen LogP contribution in [-0.2, 0) is 13.2 Å². The summed E-state index contributed by atoms with van der Waals surface area (Å²) in [5.41, 5.74) is 3.69. The van der Waals surface area contributed by atoms with Crippen LogP contribution in [0.4, 0.5) is 5.82 Å². The molecular weight excluding hydrogens is 521 g/mol. The molecule has 4 rings (SSSR count). The third kappa shape index (κ3) is 6.06. The summed E-state index contributed by atoms with van der Waals surface area (Å²) < 4.78 is 13.5. The molecule has 0 aliphatic rings. The molecule has 0 aliphatic heterocycles. The number of benzene rings is 2. The van der Waals surface area contributed by atoms with Crippen LogP contribution in [-0.4, -0.2) is 15.7 Å². The fourth-order valence-corrected chi connectivity index (χ4v) is 4.33. The van der Waals surface area contributed by atoms with E-state index in [-0.39, 0.29) is 18.3 Å². The Labute approximate surface area is 225 Å². The summed E-state index contributed by atoms with van der Waals surface area (Å²) in [5, 5.41) is 9.09. The van der Waals surface area contributed by atoms with Crippen LogP contribution in [0.2, 0.25) is 15.1 Å². The lowest BCUT2D eigenvalue weighted by molar-refractivity contribution is 0.0992. The minimum Gasteiger partial charge on any atom is -0.485 e. The molecule has 0 unspecified atom stereocenters. The van der Waals surface area contributed by atoms with Gasteiger partial charge >= 0.3 is 0 Å². The van der Waals surface area contributed by atoms with E-state index >= 15 is 0 Å². The second-order valence-electron chi connectivity index (χ2n) is 8.87. The molecule has 2 aromatic heterocycles. The van der Waals surface area contributed by atoms with Gasteiger partial charge in [-0.05, 0) is 72.9 Å².